The molecule has 1 spiro atoms. The second-order valence-corrected chi connectivity index (χ2v) is 6.93. The summed E-state index contributed by atoms with van der Waals surface area (Å²) >= 11 is 0. The third-order valence-electron chi connectivity index (χ3n) is 5.16. The molecule has 8 nitrogen and oxygen atoms in total. The van der Waals surface area contributed by atoms with Crippen molar-refractivity contribution in [2.45, 2.75) is 44.4 Å². The number of nitrogens with zero attached hydrogens (tertiary/aromatic N) is 1. The number of benzene rings is 1. The molecule has 1 aromatic carbocycles. The highest BCUT2D eigenvalue weighted by Gasteiger charge is 2.48. The highest BCUT2D eigenvalue weighted by molar-refractivity contribution is 5.76. The predicted octanol–water partition coefficient (Wildman–Crippen LogP) is 0.887. The van der Waals surface area contributed by atoms with Crippen molar-refractivity contribution in [1.29, 1.82) is 0 Å². The van der Waals surface area contributed by atoms with E-state index < -0.39 is 5.60 Å². The zero-order valence-corrected chi connectivity index (χ0v) is 14.8. The lowest BCUT2D eigenvalue weighted by molar-refractivity contribution is -0.117. The fourth-order valence-electron chi connectivity index (χ4n) is 3.50. The number of piperidine rings is 1. The van der Waals surface area contributed by atoms with Gasteiger partial charge in [-0.2, -0.15) is 0 Å². The Kier molecular flexibility index (Phi) is 5.01. The number of hydrogen-bond donors (Lipinski definition) is 3. The minimum atomic E-state index is -0.496. The average molecular weight is 360 g/mol. The number of ether oxygens (including phenoxy) is 1. The van der Waals surface area contributed by atoms with Gasteiger partial charge in [0.1, 0.15) is 5.60 Å². The Morgan fingerprint density at radius 1 is 1.27 bits per heavy atom. The van der Waals surface area contributed by atoms with Crippen LogP contribution in [-0.2, 0) is 22.5 Å². The van der Waals surface area contributed by atoms with E-state index in [0.717, 1.165) is 11.1 Å². The van der Waals surface area contributed by atoms with E-state index in [0.29, 0.717) is 32.5 Å². The normalized spacial score (nSPS) is 21.2. The molecule has 4 N–H and O–H groups in total. The summed E-state index contributed by atoms with van der Waals surface area (Å²) in [5.41, 5.74) is 6.47. The summed E-state index contributed by atoms with van der Waals surface area (Å²) in [6.45, 7) is 3.43. The van der Waals surface area contributed by atoms with Gasteiger partial charge in [-0.25, -0.2) is 9.59 Å². The van der Waals surface area contributed by atoms with Gasteiger partial charge in [-0.05, 0) is 18.1 Å². The maximum absolute atomic E-state index is 12.4. The second-order valence-electron chi connectivity index (χ2n) is 6.93. The van der Waals surface area contributed by atoms with Crippen molar-refractivity contribution in [3.05, 3.63) is 35.4 Å². The molecular formula is C18H24N4O4. The summed E-state index contributed by atoms with van der Waals surface area (Å²) in [4.78, 5) is 36.4. The number of nitrogens with one attached hydrogen (secondary N) is 2. The van der Waals surface area contributed by atoms with Crippen LogP contribution in [0.3, 0.4) is 0 Å². The maximum atomic E-state index is 12.4. The van der Waals surface area contributed by atoms with Gasteiger partial charge in [-0.3, -0.25) is 4.79 Å². The first-order valence-electron chi connectivity index (χ1n) is 8.76. The number of alkyl carbamates (subject to hydrolysis) is 1. The number of hydrogen-bond acceptors (Lipinski definition) is 4. The molecule has 1 unspecified atom stereocenters. The van der Waals surface area contributed by atoms with Gasteiger partial charge in [0.25, 0.3) is 0 Å². The van der Waals surface area contributed by atoms with Gasteiger partial charge in [-0.1, -0.05) is 24.3 Å². The maximum Gasteiger partial charge on any atom is 0.408 e. The first kappa shape index (κ1) is 18.0. The van der Waals surface area contributed by atoms with E-state index >= 15 is 0 Å². The van der Waals surface area contributed by atoms with Gasteiger partial charge >= 0.3 is 12.1 Å². The lowest BCUT2D eigenvalue weighted by Crippen LogP contribution is -2.53. The third-order valence-corrected chi connectivity index (χ3v) is 5.16. The number of amides is 4. The quantitative estimate of drug-likeness (QED) is 0.740. The summed E-state index contributed by atoms with van der Waals surface area (Å²) in [5, 5.41) is 5.67. The molecule has 0 saturated carbocycles. The van der Waals surface area contributed by atoms with Crippen LogP contribution in [0.1, 0.15) is 30.9 Å². The number of urea groups is 1. The fourth-order valence-corrected chi connectivity index (χ4v) is 3.50. The van der Waals surface area contributed by atoms with Crippen LogP contribution in [0.15, 0.2) is 24.3 Å². The molecule has 140 valence electrons. The lowest BCUT2D eigenvalue weighted by Gasteiger charge is -2.39. The topological polar surface area (TPSA) is 114 Å². The van der Waals surface area contributed by atoms with E-state index in [2.05, 4.69) is 10.6 Å². The van der Waals surface area contributed by atoms with Crippen LogP contribution in [0, 0.1) is 0 Å². The first-order chi connectivity index (χ1) is 12.4. The third kappa shape index (κ3) is 3.89. The van der Waals surface area contributed by atoms with Crippen LogP contribution in [0.25, 0.3) is 0 Å². The van der Waals surface area contributed by atoms with Crippen LogP contribution >= 0.6 is 0 Å². The minimum absolute atomic E-state index is 0.0425. The van der Waals surface area contributed by atoms with E-state index in [1.54, 1.807) is 4.90 Å². The van der Waals surface area contributed by atoms with Gasteiger partial charge in [0, 0.05) is 32.5 Å². The molecule has 4 amide bonds. The largest absolute Gasteiger partial charge is 0.441 e. The standard InChI is InChI=1S/C18H24N4O4/c1-12-18(26-17(25)21-12)6-8-22(9-7-18)16(24)20-11-14-4-2-13(3-5-14)10-15(19)23/h2-5,12H,6-11H2,1H3,(H2,19,23)(H,20,24)(H,21,25). The smallest absolute Gasteiger partial charge is 0.408 e. The van der Waals surface area contributed by atoms with Crippen molar-refractivity contribution in [3.63, 3.8) is 0 Å². The first-order valence-corrected chi connectivity index (χ1v) is 8.76. The van der Waals surface area contributed by atoms with Crippen LogP contribution in [0.4, 0.5) is 9.59 Å². The molecule has 0 aliphatic carbocycles. The molecular weight excluding hydrogens is 336 g/mol. The Hall–Kier alpha value is -2.77. The summed E-state index contributed by atoms with van der Waals surface area (Å²) in [6, 6.07) is 7.23. The Bertz CT molecular complexity index is 696. The number of carbonyl (C=O) groups excluding carboxylic acids is 3. The molecule has 3 rings (SSSR count). The Balaban J connectivity index is 1.47. The summed E-state index contributed by atoms with van der Waals surface area (Å²) < 4.78 is 5.46. The molecule has 2 heterocycles. The monoisotopic (exact) mass is 360 g/mol. The molecule has 26 heavy (non-hydrogen) atoms. The van der Waals surface area contributed by atoms with Gasteiger partial charge < -0.3 is 26.0 Å². The minimum Gasteiger partial charge on any atom is -0.441 e. The second kappa shape index (κ2) is 7.23. The van der Waals surface area contributed by atoms with E-state index in [1.165, 1.54) is 0 Å². The van der Waals surface area contributed by atoms with E-state index in [-0.39, 0.29) is 30.5 Å². The highest BCUT2D eigenvalue weighted by Crippen LogP contribution is 2.33. The van der Waals surface area contributed by atoms with E-state index in [4.69, 9.17) is 10.5 Å². The van der Waals surface area contributed by atoms with Gasteiger partial charge in [-0.15, -0.1) is 0 Å². The fraction of sp³-hybridized carbons (Fsp3) is 0.500. The van der Waals surface area contributed by atoms with Crippen LogP contribution in [0.2, 0.25) is 0 Å². The molecule has 8 heteroatoms. The van der Waals surface area contributed by atoms with Crippen LogP contribution < -0.4 is 16.4 Å². The van der Waals surface area contributed by atoms with E-state index in [1.807, 2.05) is 31.2 Å². The zero-order chi connectivity index (χ0) is 18.7. The van der Waals surface area contributed by atoms with E-state index in [9.17, 15) is 14.4 Å². The van der Waals surface area contributed by atoms with Gasteiger partial charge in [0.15, 0.2) is 0 Å². The van der Waals surface area contributed by atoms with Crippen molar-refractivity contribution >= 4 is 18.0 Å². The molecule has 2 fully saturated rings. The Morgan fingerprint density at radius 3 is 2.42 bits per heavy atom. The molecule has 0 aromatic heterocycles. The number of primary amides is 1. The van der Waals surface area contributed by atoms with Crippen molar-refractivity contribution in [2.24, 2.45) is 5.73 Å². The van der Waals surface area contributed by atoms with Crippen molar-refractivity contribution in [1.82, 2.24) is 15.5 Å². The highest BCUT2D eigenvalue weighted by atomic mass is 16.6. The summed E-state index contributed by atoms with van der Waals surface area (Å²) in [5.74, 6) is -0.369. The van der Waals surface area contributed by atoms with Crippen LogP contribution in [0.5, 0.6) is 0 Å². The average Bonchev–Trinajstić information content (AvgIpc) is 2.87. The predicted molar refractivity (Wildman–Crippen MR) is 94.2 cm³/mol. The summed E-state index contributed by atoms with van der Waals surface area (Å²) in [7, 11) is 0. The lowest BCUT2D eigenvalue weighted by atomic mass is 9.86. The van der Waals surface area contributed by atoms with Crippen molar-refractivity contribution in [2.75, 3.05) is 13.1 Å². The molecule has 2 aliphatic heterocycles. The zero-order valence-electron chi connectivity index (χ0n) is 14.8. The number of rotatable bonds is 4. The molecule has 0 bridgehead atoms. The SMILES string of the molecule is CC1NC(=O)OC12CCN(C(=O)NCc1ccc(CC(N)=O)cc1)CC2. The Morgan fingerprint density at radius 2 is 1.88 bits per heavy atom. The van der Waals surface area contributed by atoms with Gasteiger partial charge in [0.05, 0.1) is 12.5 Å². The number of likely N-dealkylation sites (tertiary alicyclic amines) is 1. The molecule has 2 saturated heterocycles. The molecule has 0 radical (unpaired) electrons. The number of carbonyl (C=O) groups is 3. The molecule has 2 aliphatic rings. The van der Waals surface area contributed by atoms with Crippen LogP contribution in [-0.4, -0.2) is 47.7 Å². The molecule has 1 atom stereocenters. The summed E-state index contributed by atoms with van der Waals surface area (Å²) in [6.07, 6.45) is 1.08. The van der Waals surface area contributed by atoms with Crippen molar-refractivity contribution in [3.8, 4) is 0 Å². The molecule has 1 aromatic rings. The number of nitrogens with two attached hydrogens (primary N) is 1. The van der Waals surface area contributed by atoms with Crippen molar-refractivity contribution < 1.29 is 19.1 Å². The van der Waals surface area contributed by atoms with Gasteiger partial charge in [0.2, 0.25) is 5.91 Å². The Labute approximate surface area is 152 Å².